The standard InChI is InChI=1S/C21H39N3O4/c1-21(2,3)28-15-18(20(26)24-11-13-27-14-12-24)23-19(25)10-9-17(22)16-7-5-4-6-8-16/h16-18H,4-15,22H2,1-3H3,(H,23,25)/t17-,18?/m1/s1. The Morgan fingerprint density at radius 1 is 1.18 bits per heavy atom. The lowest BCUT2D eigenvalue weighted by atomic mass is 9.82. The second-order valence-corrected chi connectivity index (χ2v) is 9.08. The van der Waals surface area contributed by atoms with Gasteiger partial charge in [0.25, 0.3) is 0 Å². The molecule has 2 aliphatic rings. The molecular formula is C21H39N3O4. The number of carbonyl (C=O) groups is 2. The molecular weight excluding hydrogens is 358 g/mol. The zero-order chi connectivity index (χ0) is 20.6. The molecule has 1 aliphatic carbocycles. The van der Waals surface area contributed by atoms with Crippen LogP contribution in [0, 0.1) is 5.92 Å². The Kier molecular flexibility index (Phi) is 9.18. The highest BCUT2D eigenvalue weighted by Gasteiger charge is 2.29. The molecule has 162 valence electrons. The molecule has 0 aromatic heterocycles. The summed E-state index contributed by atoms with van der Waals surface area (Å²) < 4.78 is 11.1. The predicted molar refractivity (Wildman–Crippen MR) is 109 cm³/mol. The Hall–Kier alpha value is -1.18. The molecule has 0 aromatic carbocycles. The van der Waals surface area contributed by atoms with E-state index in [1.807, 2.05) is 20.8 Å². The van der Waals surface area contributed by atoms with Gasteiger partial charge >= 0.3 is 0 Å². The maximum Gasteiger partial charge on any atom is 0.247 e. The van der Waals surface area contributed by atoms with Crippen molar-refractivity contribution in [3.05, 3.63) is 0 Å². The summed E-state index contributed by atoms with van der Waals surface area (Å²) in [5.41, 5.74) is 5.95. The molecule has 2 fully saturated rings. The summed E-state index contributed by atoms with van der Waals surface area (Å²) in [5.74, 6) is 0.296. The number of nitrogens with zero attached hydrogens (tertiary/aromatic N) is 1. The molecule has 3 N–H and O–H groups in total. The van der Waals surface area contributed by atoms with Crippen LogP contribution < -0.4 is 11.1 Å². The number of hydrogen-bond acceptors (Lipinski definition) is 5. The topological polar surface area (TPSA) is 93.9 Å². The lowest BCUT2D eigenvalue weighted by Crippen LogP contribution is -2.54. The van der Waals surface area contributed by atoms with Crippen molar-refractivity contribution in [2.75, 3.05) is 32.9 Å². The maximum atomic E-state index is 12.9. The predicted octanol–water partition coefficient (Wildman–Crippen LogP) is 1.83. The van der Waals surface area contributed by atoms with Gasteiger partial charge in [0.2, 0.25) is 11.8 Å². The second-order valence-electron chi connectivity index (χ2n) is 9.08. The highest BCUT2D eigenvalue weighted by atomic mass is 16.5. The molecule has 1 saturated heterocycles. The normalized spacial score (nSPS) is 21.2. The molecule has 7 nitrogen and oxygen atoms in total. The van der Waals surface area contributed by atoms with Gasteiger partial charge in [-0.15, -0.1) is 0 Å². The zero-order valence-corrected chi connectivity index (χ0v) is 17.9. The third-order valence-electron chi connectivity index (χ3n) is 5.60. The Labute approximate surface area is 169 Å². The van der Waals surface area contributed by atoms with E-state index in [4.69, 9.17) is 15.2 Å². The minimum absolute atomic E-state index is 0.0604. The van der Waals surface area contributed by atoms with Crippen molar-refractivity contribution in [2.45, 2.75) is 83.4 Å². The minimum atomic E-state index is -0.671. The van der Waals surface area contributed by atoms with Gasteiger partial charge in [-0.2, -0.15) is 0 Å². The average molecular weight is 398 g/mol. The Balaban J connectivity index is 1.86. The molecule has 2 rings (SSSR count). The first-order chi connectivity index (χ1) is 13.3. The van der Waals surface area contributed by atoms with Crippen LogP contribution in [0.15, 0.2) is 0 Å². The van der Waals surface area contributed by atoms with Crippen molar-refractivity contribution >= 4 is 11.8 Å². The number of ether oxygens (including phenoxy) is 2. The van der Waals surface area contributed by atoms with Gasteiger partial charge in [0.1, 0.15) is 6.04 Å². The van der Waals surface area contributed by atoms with E-state index in [9.17, 15) is 9.59 Å². The van der Waals surface area contributed by atoms with Crippen molar-refractivity contribution in [2.24, 2.45) is 11.7 Å². The lowest BCUT2D eigenvalue weighted by Gasteiger charge is -2.32. The first-order valence-electron chi connectivity index (χ1n) is 10.8. The number of hydrogen-bond donors (Lipinski definition) is 2. The summed E-state index contributed by atoms with van der Waals surface area (Å²) in [6.45, 7) is 8.14. The summed E-state index contributed by atoms with van der Waals surface area (Å²) >= 11 is 0. The summed E-state index contributed by atoms with van der Waals surface area (Å²) in [5, 5.41) is 2.89. The smallest absolute Gasteiger partial charge is 0.247 e. The third kappa shape index (κ3) is 8.05. The van der Waals surface area contributed by atoms with Gasteiger partial charge in [-0.3, -0.25) is 9.59 Å². The van der Waals surface area contributed by atoms with Gasteiger partial charge in [-0.25, -0.2) is 0 Å². The van der Waals surface area contributed by atoms with Crippen molar-refractivity contribution in [3.63, 3.8) is 0 Å². The SMILES string of the molecule is CC(C)(C)OCC(NC(=O)CC[C@@H](N)C1CCCCC1)C(=O)N1CCOCC1. The van der Waals surface area contributed by atoms with Crippen LogP contribution in [0.25, 0.3) is 0 Å². The highest BCUT2D eigenvalue weighted by Crippen LogP contribution is 2.27. The molecule has 1 aliphatic heterocycles. The van der Waals surface area contributed by atoms with E-state index in [-0.39, 0.29) is 30.1 Å². The fourth-order valence-corrected chi connectivity index (χ4v) is 3.87. The van der Waals surface area contributed by atoms with Crippen LogP contribution >= 0.6 is 0 Å². The van der Waals surface area contributed by atoms with Crippen LogP contribution in [0.4, 0.5) is 0 Å². The van der Waals surface area contributed by atoms with Crippen LogP contribution in [0.5, 0.6) is 0 Å². The molecule has 0 spiro atoms. The molecule has 0 radical (unpaired) electrons. The van der Waals surface area contributed by atoms with E-state index < -0.39 is 6.04 Å². The fourth-order valence-electron chi connectivity index (χ4n) is 3.87. The zero-order valence-electron chi connectivity index (χ0n) is 17.9. The number of nitrogens with two attached hydrogens (primary N) is 1. The first-order valence-corrected chi connectivity index (χ1v) is 10.8. The number of carbonyl (C=O) groups excluding carboxylic acids is 2. The van der Waals surface area contributed by atoms with E-state index in [1.165, 1.54) is 32.1 Å². The third-order valence-corrected chi connectivity index (χ3v) is 5.60. The van der Waals surface area contributed by atoms with Crippen molar-refractivity contribution in [1.29, 1.82) is 0 Å². The van der Waals surface area contributed by atoms with Crippen LogP contribution in [0.3, 0.4) is 0 Å². The summed E-state index contributed by atoms with van der Waals surface area (Å²) in [7, 11) is 0. The second kappa shape index (κ2) is 11.1. The van der Waals surface area contributed by atoms with Crippen LogP contribution in [0.1, 0.15) is 65.7 Å². The van der Waals surface area contributed by atoms with Gasteiger partial charge in [-0.05, 0) is 46.0 Å². The average Bonchev–Trinajstić information content (AvgIpc) is 2.69. The fraction of sp³-hybridized carbons (Fsp3) is 0.905. The number of rotatable bonds is 8. The quantitative estimate of drug-likeness (QED) is 0.652. The Morgan fingerprint density at radius 2 is 1.82 bits per heavy atom. The highest BCUT2D eigenvalue weighted by molar-refractivity contribution is 5.87. The van der Waals surface area contributed by atoms with E-state index in [1.54, 1.807) is 4.90 Å². The Morgan fingerprint density at radius 3 is 2.43 bits per heavy atom. The van der Waals surface area contributed by atoms with Gasteiger partial charge in [0.05, 0.1) is 25.4 Å². The molecule has 2 amide bonds. The van der Waals surface area contributed by atoms with Gasteiger partial charge in [-0.1, -0.05) is 19.3 Å². The molecule has 28 heavy (non-hydrogen) atoms. The molecule has 0 bridgehead atoms. The van der Waals surface area contributed by atoms with Crippen molar-refractivity contribution in [3.8, 4) is 0 Å². The molecule has 1 unspecified atom stereocenters. The van der Waals surface area contributed by atoms with Crippen molar-refractivity contribution in [1.82, 2.24) is 10.2 Å². The molecule has 1 heterocycles. The monoisotopic (exact) mass is 397 g/mol. The van der Waals surface area contributed by atoms with Gasteiger partial charge in [0.15, 0.2) is 0 Å². The van der Waals surface area contributed by atoms with E-state index in [0.717, 1.165) is 0 Å². The van der Waals surface area contributed by atoms with Crippen molar-refractivity contribution < 1.29 is 19.1 Å². The number of morpholine rings is 1. The number of nitrogens with one attached hydrogen (secondary N) is 1. The number of amides is 2. The molecule has 0 aromatic rings. The molecule has 7 heteroatoms. The largest absolute Gasteiger partial charge is 0.378 e. The molecule has 1 saturated carbocycles. The van der Waals surface area contributed by atoms with Gasteiger partial charge < -0.3 is 25.4 Å². The van der Waals surface area contributed by atoms with E-state index in [0.29, 0.717) is 45.1 Å². The minimum Gasteiger partial charge on any atom is -0.378 e. The maximum absolute atomic E-state index is 12.9. The van der Waals surface area contributed by atoms with Crippen LogP contribution in [-0.4, -0.2) is 67.3 Å². The van der Waals surface area contributed by atoms with E-state index in [2.05, 4.69) is 5.32 Å². The first kappa shape index (κ1) is 23.1. The summed E-state index contributed by atoms with van der Waals surface area (Å²) in [6.07, 6.45) is 7.12. The van der Waals surface area contributed by atoms with Gasteiger partial charge in [0, 0.05) is 25.6 Å². The van der Waals surface area contributed by atoms with Crippen LogP contribution in [-0.2, 0) is 19.1 Å². The summed E-state index contributed by atoms with van der Waals surface area (Å²) in [6, 6.07) is -0.610. The lowest BCUT2D eigenvalue weighted by molar-refractivity contribution is -0.143. The summed E-state index contributed by atoms with van der Waals surface area (Å²) in [4.78, 5) is 27.2. The van der Waals surface area contributed by atoms with Crippen LogP contribution in [0.2, 0.25) is 0 Å². The molecule has 2 atom stereocenters. The Bertz CT molecular complexity index is 494. The van der Waals surface area contributed by atoms with E-state index >= 15 is 0 Å².